The van der Waals surface area contributed by atoms with Crippen molar-refractivity contribution in [2.75, 3.05) is 0 Å². The fourth-order valence-electron chi connectivity index (χ4n) is 1.56. The van der Waals surface area contributed by atoms with Gasteiger partial charge in [-0.2, -0.15) is 0 Å². The zero-order chi connectivity index (χ0) is 23.1. The maximum absolute atomic E-state index is 10.7. The lowest BCUT2D eigenvalue weighted by atomic mass is 10.4. The fraction of sp³-hybridized carbons (Fsp3) is 0.0556. The number of nitrogens with zero attached hydrogens (tertiary/aromatic N) is 1. The van der Waals surface area contributed by atoms with Gasteiger partial charge < -0.3 is 15.0 Å². The third-order valence-electron chi connectivity index (χ3n) is 2.94. The van der Waals surface area contributed by atoms with Crippen molar-refractivity contribution in [3.05, 3.63) is 112 Å². The first-order valence-corrected chi connectivity index (χ1v) is 9.70. The van der Waals surface area contributed by atoms with E-state index in [4.69, 9.17) is 0 Å². The molecule has 4 rings (SSSR count). The summed E-state index contributed by atoms with van der Waals surface area (Å²) in [6.07, 6.45) is 8.09. The minimum absolute atomic E-state index is 0.126. The number of aromatic amines is 6. The molecule has 0 aromatic carbocycles. The normalized spacial score (nSPS) is 8.94. The number of aromatic nitrogens is 7. The van der Waals surface area contributed by atoms with Crippen molar-refractivity contribution in [1.29, 1.82) is 0 Å². The van der Waals surface area contributed by atoms with Crippen molar-refractivity contribution in [3.8, 4) is 0 Å². The van der Waals surface area contributed by atoms with Gasteiger partial charge in [0.1, 0.15) is 4.64 Å². The van der Waals surface area contributed by atoms with Crippen LogP contribution in [0.3, 0.4) is 0 Å². The lowest BCUT2D eigenvalue weighted by molar-refractivity contribution is 1.05. The first-order chi connectivity index (χ1) is 14.8. The predicted molar refractivity (Wildman–Crippen MR) is 126 cm³/mol. The Hall–Kier alpha value is -3.55. The molecule has 0 fully saturated rings. The van der Waals surface area contributed by atoms with E-state index in [0.717, 1.165) is 0 Å². The largest absolute Gasteiger partial charge is 0.339 e. The summed E-state index contributed by atoms with van der Waals surface area (Å²) >= 11 is 13.9. The summed E-state index contributed by atoms with van der Waals surface area (Å²) in [7, 11) is 0. The second-order valence-corrected chi connectivity index (χ2v) is 6.63. The van der Waals surface area contributed by atoms with Crippen LogP contribution >= 0.6 is 36.7 Å². The highest BCUT2D eigenvalue weighted by atomic mass is 32.1. The highest BCUT2D eigenvalue weighted by molar-refractivity contribution is 7.71. The van der Waals surface area contributed by atoms with Crippen LogP contribution in [0.5, 0.6) is 0 Å². The first-order valence-electron chi connectivity index (χ1n) is 8.47. The molecule has 0 saturated heterocycles. The molecule has 0 aliphatic carbocycles. The van der Waals surface area contributed by atoms with Crippen molar-refractivity contribution in [3.63, 3.8) is 0 Å². The van der Waals surface area contributed by atoms with Crippen molar-refractivity contribution in [1.82, 2.24) is 34.9 Å². The van der Waals surface area contributed by atoms with Crippen molar-refractivity contribution < 1.29 is 0 Å². The van der Waals surface area contributed by atoms with Gasteiger partial charge in [-0.1, -0.05) is 18.3 Å². The van der Waals surface area contributed by atoms with Gasteiger partial charge >= 0.3 is 5.69 Å². The maximum atomic E-state index is 10.7. The second-order valence-electron chi connectivity index (χ2n) is 5.37. The molecule has 10 nitrogen and oxygen atoms in total. The van der Waals surface area contributed by atoms with Gasteiger partial charge in [0.05, 0.1) is 0 Å². The highest BCUT2D eigenvalue weighted by Crippen LogP contribution is 1.79. The monoisotopic (exact) mass is 477 g/mol. The van der Waals surface area contributed by atoms with E-state index in [1.807, 2.05) is 18.2 Å². The Kier molecular flexibility index (Phi) is 11.9. The number of hydrogen-bond acceptors (Lipinski definition) is 7. The van der Waals surface area contributed by atoms with E-state index < -0.39 is 0 Å². The zero-order valence-corrected chi connectivity index (χ0v) is 18.6. The molecule has 0 unspecified atom stereocenters. The molecular weight excluding hydrogens is 458 g/mol. The third kappa shape index (κ3) is 12.6. The van der Waals surface area contributed by atoms with E-state index in [-0.39, 0.29) is 16.8 Å². The average molecular weight is 478 g/mol. The number of pyridine rings is 1. The van der Waals surface area contributed by atoms with Crippen LogP contribution < -0.4 is 16.8 Å². The molecule has 0 atom stereocenters. The molecule has 13 heteroatoms. The molecule has 0 aliphatic heterocycles. The summed E-state index contributed by atoms with van der Waals surface area (Å²) in [5.41, 5.74) is 0.0774. The van der Waals surface area contributed by atoms with E-state index in [0.29, 0.717) is 19.7 Å². The number of rotatable bonds is 0. The maximum Gasteiger partial charge on any atom is 0.323 e. The highest BCUT2D eigenvalue weighted by Gasteiger charge is 1.86. The molecule has 31 heavy (non-hydrogen) atoms. The Morgan fingerprint density at radius 1 is 0.774 bits per heavy atom. The van der Waals surface area contributed by atoms with Gasteiger partial charge in [0.25, 0.3) is 11.1 Å². The van der Waals surface area contributed by atoms with Crippen molar-refractivity contribution >= 4 is 36.7 Å². The Labute approximate surface area is 190 Å². The number of nitrogens with one attached hydrogen (secondary N) is 6. The third-order valence-corrected chi connectivity index (χ3v) is 3.62. The summed E-state index contributed by atoms with van der Waals surface area (Å²) in [6.45, 7) is 1.71. The van der Waals surface area contributed by atoms with Gasteiger partial charge in [-0.3, -0.25) is 29.5 Å². The van der Waals surface area contributed by atoms with Crippen LogP contribution in [0.1, 0.15) is 5.56 Å². The van der Waals surface area contributed by atoms with Crippen LogP contribution in [0, 0.1) is 21.1 Å². The van der Waals surface area contributed by atoms with Crippen LogP contribution in [-0.4, -0.2) is 34.9 Å². The van der Waals surface area contributed by atoms with Gasteiger partial charge in [0.15, 0.2) is 9.54 Å². The average Bonchev–Trinajstić information content (AvgIpc) is 2.73. The standard InChI is InChI=1S/C5H6N2OS.C5H5N.2C4H4N2OS/c1-3-2-6-5(9)7-4(3)8;1-2-4-6-5-3-1;7-4-5-2-1-3(8)6-4;7-3-1-2-5-4(8)6-3/h2H,1H3,(H2,6,7,8,9);1-5H;2*1-2H,(H2,5,6,7,8). The van der Waals surface area contributed by atoms with Gasteiger partial charge in [-0.05, 0) is 49.6 Å². The number of hydrogen-bond donors (Lipinski definition) is 6. The predicted octanol–water partition coefficient (Wildman–Crippen LogP) is 2.69. The molecule has 0 saturated carbocycles. The SMILES string of the molecule is Cc1c[nH]c(=S)[nH]c1=O.O=c1[nH]ccc(=S)[nH]1.O=c1cc[nH]c(=S)[nH]1.c1ccncc1. The Bertz CT molecular complexity index is 1250. The minimum Gasteiger partial charge on any atom is -0.339 e. The molecule has 0 spiro atoms. The minimum atomic E-state index is -0.266. The molecule has 0 bridgehead atoms. The molecule has 4 aromatic rings. The molecular formula is C18H19N7O3S3. The van der Waals surface area contributed by atoms with E-state index in [1.54, 1.807) is 31.6 Å². The summed E-state index contributed by atoms with van der Waals surface area (Å²) in [5.74, 6) is 0. The number of H-pyrrole nitrogens is 6. The zero-order valence-electron chi connectivity index (χ0n) is 16.2. The summed E-state index contributed by atoms with van der Waals surface area (Å²) in [4.78, 5) is 50.1. The van der Waals surface area contributed by atoms with Gasteiger partial charge in [-0.25, -0.2) is 4.79 Å². The molecule has 162 valence electrons. The lowest BCUT2D eigenvalue weighted by Gasteiger charge is -1.86. The second kappa shape index (κ2) is 14.4. The van der Waals surface area contributed by atoms with Gasteiger partial charge in [0.2, 0.25) is 0 Å². The van der Waals surface area contributed by atoms with Gasteiger partial charge in [-0.15, -0.1) is 0 Å². The molecule has 4 aromatic heterocycles. The Morgan fingerprint density at radius 3 is 1.77 bits per heavy atom. The Balaban J connectivity index is 0.000000208. The van der Waals surface area contributed by atoms with Crippen LogP contribution in [0.25, 0.3) is 0 Å². The lowest BCUT2D eigenvalue weighted by Crippen LogP contribution is -2.09. The summed E-state index contributed by atoms with van der Waals surface area (Å²) < 4.78 is 1.18. The molecule has 0 radical (unpaired) electrons. The Morgan fingerprint density at radius 2 is 1.42 bits per heavy atom. The van der Waals surface area contributed by atoms with Crippen LogP contribution in [0.4, 0.5) is 0 Å². The molecule has 4 heterocycles. The smallest absolute Gasteiger partial charge is 0.323 e. The van der Waals surface area contributed by atoms with Gasteiger partial charge in [0, 0.05) is 42.6 Å². The molecule has 0 amide bonds. The summed E-state index contributed by atoms with van der Waals surface area (Å²) in [5, 5.41) is 0. The quantitative estimate of drug-likeness (QED) is 0.212. The van der Waals surface area contributed by atoms with Crippen molar-refractivity contribution in [2.24, 2.45) is 0 Å². The van der Waals surface area contributed by atoms with Crippen LogP contribution in [-0.2, 0) is 0 Å². The number of aryl methyl sites for hydroxylation is 1. The van der Waals surface area contributed by atoms with E-state index >= 15 is 0 Å². The van der Waals surface area contributed by atoms with E-state index in [1.165, 1.54) is 18.5 Å². The molecule has 6 N–H and O–H groups in total. The van der Waals surface area contributed by atoms with Crippen LogP contribution in [0.2, 0.25) is 0 Å². The molecule has 0 aliphatic rings. The topological polar surface area (TPSA) is 159 Å². The van der Waals surface area contributed by atoms with Crippen molar-refractivity contribution in [2.45, 2.75) is 6.92 Å². The first kappa shape index (κ1) is 25.5. The fourth-order valence-corrected chi connectivity index (χ4v) is 2.04. The van der Waals surface area contributed by atoms with E-state index in [9.17, 15) is 14.4 Å². The van der Waals surface area contributed by atoms with Crippen LogP contribution in [0.15, 0.2) is 75.7 Å². The van der Waals surface area contributed by atoms with E-state index in [2.05, 4.69) is 71.5 Å². The summed E-state index contributed by atoms with van der Waals surface area (Å²) in [6, 6.07) is 8.69.